The Kier molecular flexibility index (Phi) is 7.29. The van der Waals surface area contributed by atoms with E-state index < -0.39 is 12.1 Å². The Bertz CT molecular complexity index is 256. The van der Waals surface area contributed by atoms with Gasteiger partial charge >= 0.3 is 12.0 Å². The molecule has 0 spiro atoms. The summed E-state index contributed by atoms with van der Waals surface area (Å²) < 4.78 is 0. The average molecular weight is 246 g/mol. The van der Waals surface area contributed by atoms with Gasteiger partial charge in [-0.3, -0.25) is 4.79 Å². The van der Waals surface area contributed by atoms with Gasteiger partial charge in [-0.05, 0) is 19.3 Å². The number of carbonyl (C=O) groups excluding carboxylic acids is 1. The van der Waals surface area contributed by atoms with Crippen LogP contribution in [0.2, 0.25) is 0 Å². The molecule has 6 heteroatoms. The minimum Gasteiger partial charge on any atom is -0.481 e. The molecule has 0 bridgehead atoms. The van der Waals surface area contributed by atoms with Gasteiger partial charge in [0.15, 0.2) is 0 Å². The summed E-state index contributed by atoms with van der Waals surface area (Å²) in [5, 5.41) is 20.3. The molecule has 100 valence electrons. The predicted octanol–water partition coefficient (Wildman–Crippen LogP) is 0.509. The summed E-state index contributed by atoms with van der Waals surface area (Å²) in [6.45, 7) is 4.24. The van der Waals surface area contributed by atoms with Crippen LogP contribution in [0.5, 0.6) is 0 Å². The van der Waals surface area contributed by atoms with E-state index in [-0.39, 0.29) is 18.4 Å². The number of rotatable bonds is 7. The van der Waals surface area contributed by atoms with Gasteiger partial charge in [-0.15, -0.1) is 0 Å². The molecule has 0 aliphatic carbocycles. The Labute approximate surface area is 102 Å². The first-order chi connectivity index (χ1) is 7.82. The molecule has 0 saturated heterocycles. The number of amides is 2. The summed E-state index contributed by atoms with van der Waals surface area (Å²) in [5.41, 5.74) is 0. The first-order valence-electron chi connectivity index (χ1n) is 5.71. The predicted molar refractivity (Wildman–Crippen MR) is 63.7 cm³/mol. The fourth-order valence-corrected chi connectivity index (χ4v) is 1.25. The number of carboxylic acid groups (broad SMARTS) is 1. The van der Waals surface area contributed by atoms with E-state index in [2.05, 4.69) is 5.32 Å². The van der Waals surface area contributed by atoms with Gasteiger partial charge in [0.2, 0.25) is 0 Å². The first-order valence-corrected chi connectivity index (χ1v) is 5.71. The molecular weight excluding hydrogens is 224 g/mol. The maximum Gasteiger partial charge on any atom is 0.317 e. The van der Waals surface area contributed by atoms with Crippen LogP contribution in [0.3, 0.4) is 0 Å². The number of nitrogens with one attached hydrogen (secondary N) is 1. The third kappa shape index (κ3) is 8.50. The van der Waals surface area contributed by atoms with Gasteiger partial charge in [0.25, 0.3) is 0 Å². The van der Waals surface area contributed by atoms with Crippen molar-refractivity contribution in [2.24, 2.45) is 5.92 Å². The summed E-state index contributed by atoms with van der Waals surface area (Å²) in [5.74, 6) is -0.962. The zero-order chi connectivity index (χ0) is 13.4. The molecular formula is C11H22N2O4. The molecule has 6 nitrogen and oxygen atoms in total. The Hall–Kier alpha value is -1.30. The van der Waals surface area contributed by atoms with Crippen molar-refractivity contribution >= 4 is 12.0 Å². The van der Waals surface area contributed by atoms with Crippen LogP contribution in [-0.2, 0) is 4.79 Å². The average Bonchev–Trinajstić information content (AvgIpc) is 2.21. The van der Waals surface area contributed by atoms with Crippen LogP contribution in [-0.4, -0.2) is 53.4 Å². The molecule has 0 radical (unpaired) electrons. The smallest absolute Gasteiger partial charge is 0.317 e. The molecule has 0 aliphatic heterocycles. The lowest BCUT2D eigenvalue weighted by molar-refractivity contribution is -0.137. The number of aliphatic carboxylic acids is 1. The molecule has 2 unspecified atom stereocenters. The van der Waals surface area contributed by atoms with E-state index in [1.54, 1.807) is 20.9 Å². The van der Waals surface area contributed by atoms with Gasteiger partial charge in [-0.25, -0.2) is 4.79 Å². The Balaban J connectivity index is 3.80. The van der Waals surface area contributed by atoms with Crippen LogP contribution in [0, 0.1) is 5.92 Å². The molecule has 2 atom stereocenters. The standard InChI is InChI=1S/C11H22N2O4/c1-8(6-10(15)16)7-12-11(17)13(3)5-4-9(2)14/h8-9,14H,4-7H2,1-3H3,(H,12,17)(H,15,16). The van der Waals surface area contributed by atoms with E-state index in [0.29, 0.717) is 19.5 Å². The second-order valence-corrected chi connectivity index (χ2v) is 4.45. The molecule has 0 saturated carbocycles. The van der Waals surface area contributed by atoms with Crippen molar-refractivity contribution in [3.63, 3.8) is 0 Å². The van der Waals surface area contributed by atoms with E-state index in [4.69, 9.17) is 10.2 Å². The van der Waals surface area contributed by atoms with Crippen molar-refractivity contribution in [3.05, 3.63) is 0 Å². The van der Waals surface area contributed by atoms with Crippen LogP contribution in [0.25, 0.3) is 0 Å². The molecule has 0 aromatic carbocycles. The summed E-state index contributed by atoms with van der Waals surface area (Å²) >= 11 is 0. The number of aliphatic hydroxyl groups excluding tert-OH is 1. The maximum absolute atomic E-state index is 11.5. The topological polar surface area (TPSA) is 89.9 Å². The second kappa shape index (κ2) is 7.89. The van der Waals surface area contributed by atoms with Gasteiger partial charge in [-0.2, -0.15) is 0 Å². The third-order valence-electron chi connectivity index (χ3n) is 2.35. The normalized spacial score (nSPS) is 13.9. The van der Waals surface area contributed by atoms with E-state index in [1.165, 1.54) is 4.90 Å². The summed E-state index contributed by atoms with van der Waals surface area (Å²) in [6.07, 6.45) is 0.128. The number of hydrogen-bond acceptors (Lipinski definition) is 3. The molecule has 0 aromatic rings. The summed E-state index contributed by atoms with van der Waals surface area (Å²) in [7, 11) is 1.64. The van der Waals surface area contributed by atoms with Crippen LogP contribution in [0.4, 0.5) is 4.79 Å². The molecule has 17 heavy (non-hydrogen) atoms. The quantitative estimate of drug-likeness (QED) is 0.610. The lowest BCUT2D eigenvalue weighted by Gasteiger charge is -2.19. The second-order valence-electron chi connectivity index (χ2n) is 4.45. The van der Waals surface area contributed by atoms with Crippen LogP contribution in [0.1, 0.15) is 26.7 Å². The molecule has 0 aliphatic rings. The highest BCUT2D eigenvalue weighted by atomic mass is 16.4. The number of hydrogen-bond donors (Lipinski definition) is 3. The number of nitrogens with zero attached hydrogens (tertiary/aromatic N) is 1. The van der Waals surface area contributed by atoms with Gasteiger partial charge in [0.05, 0.1) is 6.10 Å². The summed E-state index contributed by atoms with van der Waals surface area (Å²) in [4.78, 5) is 23.4. The fourth-order valence-electron chi connectivity index (χ4n) is 1.25. The van der Waals surface area contributed by atoms with Crippen molar-refractivity contribution in [1.82, 2.24) is 10.2 Å². The van der Waals surface area contributed by atoms with E-state index >= 15 is 0 Å². The van der Waals surface area contributed by atoms with E-state index in [1.807, 2.05) is 0 Å². The third-order valence-corrected chi connectivity index (χ3v) is 2.35. The number of aliphatic hydroxyl groups is 1. The zero-order valence-electron chi connectivity index (χ0n) is 10.6. The van der Waals surface area contributed by atoms with Gasteiger partial charge in [-0.1, -0.05) is 6.92 Å². The minimum absolute atomic E-state index is 0.0394. The molecule has 0 aromatic heterocycles. The summed E-state index contributed by atoms with van der Waals surface area (Å²) in [6, 6.07) is -0.247. The van der Waals surface area contributed by atoms with Crippen molar-refractivity contribution < 1.29 is 19.8 Å². The van der Waals surface area contributed by atoms with Gasteiger partial charge in [0, 0.05) is 26.6 Å². The van der Waals surface area contributed by atoms with Crippen LogP contribution >= 0.6 is 0 Å². The van der Waals surface area contributed by atoms with E-state index in [9.17, 15) is 9.59 Å². The molecule has 3 N–H and O–H groups in total. The number of urea groups is 1. The highest BCUT2D eigenvalue weighted by molar-refractivity contribution is 5.74. The highest BCUT2D eigenvalue weighted by Gasteiger charge is 2.12. The van der Waals surface area contributed by atoms with Crippen LogP contribution < -0.4 is 5.32 Å². The number of carbonyl (C=O) groups is 2. The Morgan fingerprint density at radius 1 is 1.35 bits per heavy atom. The van der Waals surface area contributed by atoms with Gasteiger partial charge < -0.3 is 20.4 Å². The monoisotopic (exact) mass is 246 g/mol. The van der Waals surface area contributed by atoms with Crippen molar-refractivity contribution in [2.75, 3.05) is 20.1 Å². The first kappa shape index (κ1) is 15.7. The SMILES string of the molecule is CC(O)CCN(C)C(=O)NCC(C)CC(=O)O. The molecule has 0 fully saturated rings. The van der Waals surface area contributed by atoms with Crippen molar-refractivity contribution in [3.8, 4) is 0 Å². The molecule has 2 amide bonds. The zero-order valence-corrected chi connectivity index (χ0v) is 10.6. The lowest BCUT2D eigenvalue weighted by atomic mass is 10.1. The van der Waals surface area contributed by atoms with Crippen molar-refractivity contribution in [2.45, 2.75) is 32.8 Å². The molecule has 0 rings (SSSR count). The fraction of sp³-hybridized carbons (Fsp3) is 0.818. The number of carboxylic acids is 1. The molecule has 0 heterocycles. The lowest BCUT2D eigenvalue weighted by Crippen LogP contribution is -2.40. The highest BCUT2D eigenvalue weighted by Crippen LogP contribution is 2.00. The largest absolute Gasteiger partial charge is 0.481 e. The van der Waals surface area contributed by atoms with Crippen LogP contribution in [0.15, 0.2) is 0 Å². The van der Waals surface area contributed by atoms with Gasteiger partial charge in [0.1, 0.15) is 0 Å². The Morgan fingerprint density at radius 3 is 2.41 bits per heavy atom. The maximum atomic E-state index is 11.5. The Morgan fingerprint density at radius 2 is 1.94 bits per heavy atom. The minimum atomic E-state index is -0.866. The van der Waals surface area contributed by atoms with Crippen molar-refractivity contribution in [1.29, 1.82) is 0 Å². The van der Waals surface area contributed by atoms with E-state index in [0.717, 1.165) is 0 Å².